The summed E-state index contributed by atoms with van der Waals surface area (Å²) < 4.78 is 2.17. The third-order valence-electron chi connectivity index (χ3n) is 3.05. The Balaban J connectivity index is 2.04. The third kappa shape index (κ3) is 3.03. The zero-order chi connectivity index (χ0) is 12.4. The Hall–Kier alpha value is -0.970. The normalized spacial score (nSPS) is 22.7. The van der Waals surface area contributed by atoms with E-state index in [9.17, 15) is 4.79 Å². The topological polar surface area (TPSA) is 55.1 Å². The van der Waals surface area contributed by atoms with Crippen LogP contribution in [0.5, 0.6) is 0 Å². The molecular weight excluding hydrogens is 236 g/mol. The molecule has 2 rings (SSSR count). The lowest BCUT2D eigenvalue weighted by Crippen LogP contribution is -2.02. The maximum Gasteiger partial charge on any atom is 0.313 e. The molecule has 0 saturated heterocycles. The van der Waals surface area contributed by atoms with Crippen molar-refractivity contribution in [3.8, 4) is 0 Å². The van der Waals surface area contributed by atoms with Gasteiger partial charge in [-0.1, -0.05) is 25.1 Å². The Bertz CT molecular complexity index is 417. The van der Waals surface area contributed by atoms with Gasteiger partial charge in [0, 0.05) is 12.2 Å². The SMILES string of the molecule is CCCC1CC1n1cc(C)nc1SCC(=O)O. The van der Waals surface area contributed by atoms with Crippen LogP contribution in [0.3, 0.4) is 0 Å². The first kappa shape index (κ1) is 12.5. The lowest BCUT2D eigenvalue weighted by Gasteiger charge is -2.05. The lowest BCUT2D eigenvalue weighted by molar-refractivity contribution is -0.133. The number of carboxylic acids is 1. The average molecular weight is 254 g/mol. The Morgan fingerprint density at radius 3 is 3.12 bits per heavy atom. The van der Waals surface area contributed by atoms with Crippen molar-refractivity contribution < 1.29 is 9.90 Å². The predicted molar refractivity (Wildman–Crippen MR) is 67.4 cm³/mol. The minimum Gasteiger partial charge on any atom is -0.481 e. The van der Waals surface area contributed by atoms with Crippen molar-refractivity contribution in [1.82, 2.24) is 9.55 Å². The van der Waals surface area contributed by atoms with Gasteiger partial charge >= 0.3 is 5.97 Å². The van der Waals surface area contributed by atoms with Gasteiger partial charge in [0.1, 0.15) is 0 Å². The van der Waals surface area contributed by atoms with Gasteiger partial charge < -0.3 is 9.67 Å². The fraction of sp³-hybridized carbons (Fsp3) is 0.667. The summed E-state index contributed by atoms with van der Waals surface area (Å²) >= 11 is 1.32. The van der Waals surface area contributed by atoms with Gasteiger partial charge in [0.05, 0.1) is 11.4 Å². The molecule has 1 saturated carbocycles. The van der Waals surface area contributed by atoms with Crippen molar-refractivity contribution in [2.45, 2.75) is 44.3 Å². The number of hydrogen-bond acceptors (Lipinski definition) is 3. The molecule has 0 amide bonds. The quantitative estimate of drug-likeness (QED) is 0.793. The number of thioether (sulfide) groups is 1. The minimum absolute atomic E-state index is 0.0849. The first-order chi connectivity index (χ1) is 8.11. The summed E-state index contributed by atoms with van der Waals surface area (Å²) in [6.07, 6.45) is 5.73. The lowest BCUT2D eigenvalue weighted by atomic mass is 10.2. The van der Waals surface area contributed by atoms with Crippen LogP contribution in [0, 0.1) is 12.8 Å². The summed E-state index contributed by atoms with van der Waals surface area (Å²) in [6, 6.07) is 0.549. The fourth-order valence-corrected chi connectivity index (χ4v) is 3.02. The van der Waals surface area contributed by atoms with Crippen LogP contribution >= 0.6 is 11.8 Å². The van der Waals surface area contributed by atoms with E-state index >= 15 is 0 Å². The van der Waals surface area contributed by atoms with E-state index in [1.807, 2.05) is 13.1 Å². The summed E-state index contributed by atoms with van der Waals surface area (Å²) in [4.78, 5) is 15.0. The summed E-state index contributed by atoms with van der Waals surface area (Å²) in [7, 11) is 0. The number of aromatic nitrogens is 2. The molecule has 1 aromatic rings. The molecule has 4 nitrogen and oxygen atoms in total. The number of hydrogen-bond donors (Lipinski definition) is 1. The van der Waals surface area contributed by atoms with E-state index < -0.39 is 5.97 Å². The molecule has 17 heavy (non-hydrogen) atoms. The van der Waals surface area contributed by atoms with Gasteiger partial charge in [-0.2, -0.15) is 0 Å². The van der Waals surface area contributed by atoms with Gasteiger partial charge in [-0.05, 0) is 25.7 Å². The van der Waals surface area contributed by atoms with Gasteiger partial charge in [-0.25, -0.2) is 4.98 Å². The third-order valence-corrected chi connectivity index (χ3v) is 4.00. The molecule has 5 heteroatoms. The van der Waals surface area contributed by atoms with E-state index in [0.29, 0.717) is 6.04 Å². The second kappa shape index (κ2) is 5.12. The number of rotatable bonds is 6. The largest absolute Gasteiger partial charge is 0.481 e. The summed E-state index contributed by atoms with van der Waals surface area (Å²) in [5.41, 5.74) is 0.972. The summed E-state index contributed by atoms with van der Waals surface area (Å²) in [6.45, 7) is 4.16. The van der Waals surface area contributed by atoms with Crippen molar-refractivity contribution in [1.29, 1.82) is 0 Å². The van der Waals surface area contributed by atoms with Crippen LogP contribution in [0.25, 0.3) is 0 Å². The van der Waals surface area contributed by atoms with Crippen LogP contribution in [0.1, 0.15) is 37.9 Å². The van der Waals surface area contributed by atoms with E-state index in [0.717, 1.165) is 16.8 Å². The number of aliphatic carboxylic acids is 1. The van der Waals surface area contributed by atoms with Crippen LogP contribution in [0.2, 0.25) is 0 Å². The maximum absolute atomic E-state index is 10.6. The van der Waals surface area contributed by atoms with Crippen LogP contribution in [0.15, 0.2) is 11.4 Å². The van der Waals surface area contributed by atoms with Crippen molar-refractivity contribution >= 4 is 17.7 Å². The fourth-order valence-electron chi connectivity index (χ4n) is 2.22. The van der Waals surface area contributed by atoms with E-state index in [1.54, 1.807) is 0 Å². The van der Waals surface area contributed by atoms with Crippen LogP contribution in [-0.4, -0.2) is 26.4 Å². The summed E-state index contributed by atoms with van der Waals surface area (Å²) in [5, 5.41) is 9.56. The predicted octanol–water partition coefficient (Wildman–Crippen LogP) is 2.73. The molecule has 0 aliphatic heterocycles. The molecular formula is C12H18N2O2S. The standard InChI is InChI=1S/C12H18N2O2S/c1-3-4-9-5-10(9)14-6-8(2)13-12(14)17-7-11(15)16/h6,9-10H,3-5,7H2,1-2H3,(H,15,16). The molecule has 0 spiro atoms. The average Bonchev–Trinajstić information content (AvgIpc) is 2.91. The Morgan fingerprint density at radius 1 is 1.71 bits per heavy atom. The summed E-state index contributed by atoms with van der Waals surface area (Å²) in [5.74, 6) is 0.0580. The van der Waals surface area contributed by atoms with E-state index in [1.165, 1.54) is 31.0 Å². The highest BCUT2D eigenvalue weighted by Crippen LogP contribution is 2.47. The number of nitrogens with zero attached hydrogens (tertiary/aromatic N) is 2. The minimum atomic E-state index is -0.789. The van der Waals surface area contributed by atoms with Gasteiger partial charge in [0.25, 0.3) is 0 Å². The number of imidazole rings is 1. The van der Waals surface area contributed by atoms with Crippen LogP contribution in [0.4, 0.5) is 0 Å². The number of carbonyl (C=O) groups is 1. The van der Waals surface area contributed by atoms with Gasteiger partial charge in [-0.15, -0.1) is 0 Å². The van der Waals surface area contributed by atoms with Crippen LogP contribution in [-0.2, 0) is 4.79 Å². The Labute approximate surface area is 105 Å². The van der Waals surface area contributed by atoms with Gasteiger partial charge in [0.2, 0.25) is 0 Å². The van der Waals surface area contributed by atoms with E-state index in [-0.39, 0.29) is 5.75 Å². The van der Waals surface area contributed by atoms with Gasteiger partial charge in [-0.3, -0.25) is 4.79 Å². The highest BCUT2D eigenvalue weighted by atomic mass is 32.2. The molecule has 94 valence electrons. The maximum atomic E-state index is 10.6. The van der Waals surface area contributed by atoms with Crippen LogP contribution < -0.4 is 0 Å². The molecule has 1 aliphatic carbocycles. The molecule has 2 unspecified atom stereocenters. The van der Waals surface area contributed by atoms with Crippen molar-refractivity contribution in [2.75, 3.05) is 5.75 Å². The highest BCUT2D eigenvalue weighted by Gasteiger charge is 2.38. The van der Waals surface area contributed by atoms with E-state index in [2.05, 4.69) is 16.5 Å². The first-order valence-electron chi connectivity index (χ1n) is 6.02. The first-order valence-corrected chi connectivity index (χ1v) is 7.00. The molecule has 2 atom stereocenters. The van der Waals surface area contributed by atoms with Gasteiger partial charge in [0.15, 0.2) is 5.16 Å². The number of aryl methyl sites for hydroxylation is 1. The molecule has 0 radical (unpaired) electrons. The smallest absolute Gasteiger partial charge is 0.313 e. The highest BCUT2D eigenvalue weighted by molar-refractivity contribution is 7.99. The molecule has 1 aromatic heterocycles. The van der Waals surface area contributed by atoms with Crippen molar-refractivity contribution in [2.24, 2.45) is 5.92 Å². The molecule has 0 aromatic carbocycles. The van der Waals surface area contributed by atoms with Crippen molar-refractivity contribution in [3.63, 3.8) is 0 Å². The molecule has 1 aliphatic rings. The van der Waals surface area contributed by atoms with E-state index in [4.69, 9.17) is 5.11 Å². The number of carboxylic acid groups (broad SMARTS) is 1. The molecule has 1 N–H and O–H groups in total. The zero-order valence-corrected chi connectivity index (χ0v) is 11.0. The molecule has 0 bridgehead atoms. The molecule has 1 fully saturated rings. The monoisotopic (exact) mass is 254 g/mol. The Kier molecular flexibility index (Phi) is 3.76. The second-order valence-electron chi connectivity index (χ2n) is 4.61. The van der Waals surface area contributed by atoms with Crippen molar-refractivity contribution in [3.05, 3.63) is 11.9 Å². The molecule has 1 heterocycles. The second-order valence-corrected chi connectivity index (χ2v) is 5.55. The zero-order valence-electron chi connectivity index (χ0n) is 10.2. The Morgan fingerprint density at radius 2 is 2.47 bits per heavy atom.